The molecule has 1 N–H and O–H groups in total. The molecule has 0 bridgehead atoms. The Kier molecular flexibility index (Phi) is 3.88. The maximum Gasteiger partial charge on any atom is 0.308 e. The van der Waals surface area contributed by atoms with Crippen molar-refractivity contribution in [1.82, 2.24) is 4.90 Å². The van der Waals surface area contributed by atoms with Crippen molar-refractivity contribution in [1.29, 1.82) is 0 Å². The standard InChI is InChI=1S/C13H13FN2O5/c1-7-5-15(6-9(7)13(18)19)12(17)8-2-3-11(16(20)21)10(14)4-8/h2-4,7,9H,5-6H2,1H3,(H,18,19)/t7-,9-/m1/s1. The topological polar surface area (TPSA) is 101 Å². The van der Waals surface area contributed by atoms with Crippen LogP contribution in [0.2, 0.25) is 0 Å². The minimum absolute atomic E-state index is 0.0312. The Balaban J connectivity index is 2.20. The lowest BCUT2D eigenvalue weighted by molar-refractivity contribution is -0.387. The van der Waals surface area contributed by atoms with Crippen molar-refractivity contribution >= 4 is 17.6 Å². The zero-order chi connectivity index (χ0) is 15.7. The number of hydrogen-bond acceptors (Lipinski definition) is 4. The lowest BCUT2D eigenvalue weighted by Crippen LogP contribution is -2.30. The fourth-order valence-electron chi connectivity index (χ4n) is 2.42. The number of likely N-dealkylation sites (tertiary alicyclic amines) is 1. The van der Waals surface area contributed by atoms with Gasteiger partial charge in [-0.3, -0.25) is 19.7 Å². The van der Waals surface area contributed by atoms with E-state index in [9.17, 15) is 24.1 Å². The van der Waals surface area contributed by atoms with Crippen LogP contribution < -0.4 is 0 Å². The number of carboxylic acid groups (broad SMARTS) is 1. The van der Waals surface area contributed by atoms with Crippen molar-refractivity contribution in [3.63, 3.8) is 0 Å². The maximum absolute atomic E-state index is 13.5. The van der Waals surface area contributed by atoms with E-state index >= 15 is 0 Å². The van der Waals surface area contributed by atoms with Gasteiger partial charge in [0, 0.05) is 24.7 Å². The highest BCUT2D eigenvalue weighted by Crippen LogP contribution is 2.26. The van der Waals surface area contributed by atoms with Crippen LogP contribution in [-0.2, 0) is 4.79 Å². The molecule has 0 radical (unpaired) electrons. The molecule has 1 aliphatic heterocycles. The van der Waals surface area contributed by atoms with Gasteiger partial charge in [-0.1, -0.05) is 6.92 Å². The summed E-state index contributed by atoms with van der Waals surface area (Å²) in [6, 6.07) is 2.90. The van der Waals surface area contributed by atoms with E-state index in [4.69, 9.17) is 5.11 Å². The van der Waals surface area contributed by atoms with Gasteiger partial charge in [0.15, 0.2) is 0 Å². The van der Waals surface area contributed by atoms with Gasteiger partial charge >= 0.3 is 11.7 Å². The van der Waals surface area contributed by atoms with Crippen LogP contribution in [0.15, 0.2) is 18.2 Å². The molecule has 1 aromatic carbocycles. The fraction of sp³-hybridized carbons (Fsp3) is 0.385. The molecule has 0 aliphatic carbocycles. The predicted octanol–water partition coefficient (Wildman–Crippen LogP) is 1.53. The molecule has 1 amide bonds. The molecule has 0 unspecified atom stereocenters. The monoisotopic (exact) mass is 296 g/mol. The number of aliphatic carboxylic acids is 1. The molecule has 1 saturated heterocycles. The summed E-state index contributed by atoms with van der Waals surface area (Å²) in [5.74, 6) is -3.45. The first-order valence-electron chi connectivity index (χ1n) is 6.27. The molecule has 0 aromatic heterocycles. The summed E-state index contributed by atoms with van der Waals surface area (Å²) in [5.41, 5.74) is -0.735. The molecule has 1 fully saturated rings. The van der Waals surface area contributed by atoms with Gasteiger partial charge in [0.2, 0.25) is 5.82 Å². The summed E-state index contributed by atoms with van der Waals surface area (Å²) in [4.78, 5) is 34.2. The van der Waals surface area contributed by atoms with Crippen LogP contribution in [0.4, 0.5) is 10.1 Å². The summed E-state index contributed by atoms with van der Waals surface area (Å²) < 4.78 is 13.5. The number of carboxylic acids is 1. The normalized spacial score (nSPS) is 21.3. The van der Waals surface area contributed by atoms with Crippen molar-refractivity contribution in [3.8, 4) is 0 Å². The van der Waals surface area contributed by atoms with Gasteiger partial charge in [0.1, 0.15) is 0 Å². The van der Waals surface area contributed by atoms with Gasteiger partial charge in [0.25, 0.3) is 5.91 Å². The number of nitro groups is 1. The average molecular weight is 296 g/mol. The molecule has 1 aromatic rings. The number of amides is 1. The van der Waals surface area contributed by atoms with E-state index in [0.717, 1.165) is 12.1 Å². The molecule has 2 rings (SSSR count). The van der Waals surface area contributed by atoms with Crippen molar-refractivity contribution < 1.29 is 24.0 Å². The number of halogens is 1. The van der Waals surface area contributed by atoms with Gasteiger partial charge < -0.3 is 10.0 Å². The van der Waals surface area contributed by atoms with Crippen LogP contribution in [-0.4, -0.2) is 39.9 Å². The maximum atomic E-state index is 13.5. The molecular weight excluding hydrogens is 283 g/mol. The van der Waals surface area contributed by atoms with Gasteiger partial charge in [0.05, 0.1) is 10.8 Å². The second kappa shape index (κ2) is 5.47. The molecule has 0 saturated carbocycles. The predicted molar refractivity (Wildman–Crippen MR) is 69.2 cm³/mol. The zero-order valence-corrected chi connectivity index (χ0v) is 11.2. The Morgan fingerprint density at radius 3 is 2.57 bits per heavy atom. The van der Waals surface area contributed by atoms with E-state index in [1.54, 1.807) is 6.92 Å². The second-order valence-corrected chi connectivity index (χ2v) is 5.06. The molecular formula is C13H13FN2O5. The molecule has 7 nitrogen and oxygen atoms in total. The van der Waals surface area contributed by atoms with Crippen LogP contribution in [0, 0.1) is 27.8 Å². The fourth-order valence-corrected chi connectivity index (χ4v) is 2.42. The number of hydrogen-bond donors (Lipinski definition) is 1. The van der Waals surface area contributed by atoms with E-state index in [2.05, 4.69) is 0 Å². The lowest BCUT2D eigenvalue weighted by atomic mass is 9.99. The molecule has 1 heterocycles. The quantitative estimate of drug-likeness (QED) is 0.673. The van der Waals surface area contributed by atoms with Crippen molar-refractivity contribution in [2.24, 2.45) is 11.8 Å². The van der Waals surface area contributed by atoms with Crippen molar-refractivity contribution in [2.75, 3.05) is 13.1 Å². The summed E-state index contributed by atoms with van der Waals surface area (Å²) in [5, 5.41) is 19.5. The van der Waals surface area contributed by atoms with Crippen LogP contribution >= 0.6 is 0 Å². The molecule has 112 valence electrons. The molecule has 1 aliphatic rings. The highest BCUT2D eigenvalue weighted by Gasteiger charge is 2.37. The van der Waals surface area contributed by atoms with Crippen molar-refractivity contribution in [3.05, 3.63) is 39.7 Å². The van der Waals surface area contributed by atoms with Gasteiger partial charge in [-0.2, -0.15) is 4.39 Å². The number of carbonyl (C=O) groups is 2. The molecule has 2 atom stereocenters. The lowest BCUT2D eigenvalue weighted by Gasteiger charge is -2.15. The third kappa shape index (κ3) is 2.83. The van der Waals surface area contributed by atoms with E-state index in [1.165, 1.54) is 11.0 Å². The molecule has 8 heteroatoms. The minimum atomic E-state index is -1.09. The van der Waals surface area contributed by atoms with Gasteiger partial charge in [-0.05, 0) is 18.1 Å². The van der Waals surface area contributed by atoms with Crippen LogP contribution in [0.1, 0.15) is 17.3 Å². The Hall–Kier alpha value is -2.51. The second-order valence-electron chi connectivity index (χ2n) is 5.06. The first-order valence-corrected chi connectivity index (χ1v) is 6.27. The first kappa shape index (κ1) is 14.9. The summed E-state index contributed by atoms with van der Waals surface area (Å²) in [6.07, 6.45) is 0. The minimum Gasteiger partial charge on any atom is -0.481 e. The van der Waals surface area contributed by atoms with Gasteiger partial charge in [-0.25, -0.2) is 0 Å². The number of nitro benzene ring substituents is 1. The zero-order valence-electron chi connectivity index (χ0n) is 11.2. The van der Waals surface area contributed by atoms with Crippen LogP contribution in [0.3, 0.4) is 0 Å². The largest absolute Gasteiger partial charge is 0.481 e. The Morgan fingerprint density at radius 1 is 1.43 bits per heavy atom. The molecule has 21 heavy (non-hydrogen) atoms. The first-order chi connectivity index (χ1) is 9.81. The van der Waals surface area contributed by atoms with E-state index in [0.29, 0.717) is 0 Å². The smallest absolute Gasteiger partial charge is 0.308 e. The summed E-state index contributed by atoms with van der Waals surface area (Å²) in [7, 11) is 0. The SMILES string of the molecule is C[C@@H]1CN(C(=O)c2ccc([N+](=O)[O-])c(F)c2)C[C@H]1C(=O)O. The number of rotatable bonds is 3. The van der Waals surface area contributed by atoms with Gasteiger partial charge in [-0.15, -0.1) is 0 Å². The Bertz CT molecular complexity index is 619. The summed E-state index contributed by atoms with van der Waals surface area (Å²) >= 11 is 0. The third-order valence-corrected chi connectivity index (χ3v) is 3.61. The number of carbonyl (C=O) groups excluding carboxylic acids is 1. The van der Waals surface area contributed by atoms with Crippen LogP contribution in [0.25, 0.3) is 0 Å². The number of nitrogens with zero attached hydrogens (tertiary/aromatic N) is 2. The Labute approximate surface area is 119 Å². The van der Waals surface area contributed by atoms with Crippen LogP contribution in [0.5, 0.6) is 0 Å². The summed E-state index contributed by atoms with van der Waals surface area (Å²) in [6.45, 7) is 2.03. The van der Waals surface area contributed by atoms with E-state index < -0.39 is 34.2 Å². The Morgan fingerprint density at radius 2 is 2.10 bits per heavy atom. The average Bonchev–Trinajstić information content (AvgIpc) is 2.79. The van der Waals surface area contributed by atoms with E-state index in [-0.39, 0.29) is 24.6 Å². The van der Waals surface area contributed by atoms with Crippen molar-refractivity contribution in [2.45, 2.75) is 6.92 Å². The third-order valence-electron chi connectivity index (χ3n) is 3.61. The number of benzene rings is 1. The highest BCUT2D eigenvalue weighted by molar-refractivity contribution is 5.95. The van der Waals surface area contributed by atoms with E-state index in [1.807, 2.05) is 0 Å². The highest BCUT2D eigenvalue weighted by atomic mass is 19.1. The molecule has 0 spiro atoms.